The van der Waals surface area contributed by atoms with E-state index in [1.165, 1.54) is 7.11 Å². The van der Waals surface area contributed by atoms with Crippen molar-refractivity contribution >= 4 is 5.97 Å². The molecule has 18 heavy (non-hydrogen) atoms. The number of esters is 1. The molecule has 0 radical (unpaired) electrons. The molecule has 0 aromatic carbocycles. The molecule has 1 aliphatic carbocycles. The van der Waals surface area contributed by atoms with Gasteiger partial charge in [-0.25, -0.2) is 0 Å². The lowest BCUT2D eigenvalue weighted by atomic mass is 9.95. The summed E-state index contributed by atoms with van der Waals surface area (Å²) in [6.45, 7) is 2.76. The summed E-state index contributed by atoms with van der Waals surface area (Å²) in [7, 11) is 1.45. The number of carbonyl (C=O) groups is 1. The molecule has 100 valence electrons. The zero-order valence-corrected chi connectivity index (χ0v) is 11.1. The number of nitrogens with zero attached hydrogens (tertiary/aromatic N) is 2. The van der Waals surface area contributed by atoms with Crippen LogP contribution in [0.15, 0.2) is 18.5 Å². The minimum atomic E-state index is -0.566. The SMILES string of the molecule is COC(=O)C(C)(CCCn1cccn1)NC1CC1. The largest absolute Gasteiger partial charge is 0.468 e. The molecule has 1 fully saturated rings. The third kappa shape index (κ3) is 3.32. The smallest absolute Gasteiger partial charge is 0.325 e. The highest BCUT2D eigenvalue weighted by Crippen LogP contribution is 2.25. The van der Waals surface area contributed by atoms with E-state index in [-0.39, 0.29) is 5.97 Å². The predicted molar refractivity (Wildman–Crippen MR) is 68.0 cm³/mol. The molecule has 1 atom stereocenters. The number of rotatable bonds is 7. The van der Waals surface area contributed by atoms with Crippen LogP contribution < -0.4 is 5.32 Å². The first kappa shape index (κ1) is 13.1. The Labute approximate surface area is 108 Å². The van der Waals surface area contributed by atoms with Crippen LogP contribution >= 0.6 is 0 Å². The highest BCUT2D eigenvalue weighted by molar-refractivity contribution is 5.80. The first-order valence-electron chi connectivity index (χ1n) is 6.47. The van der Waals surface area contributed by atoms with Crippen LogP contribution in [0.5, 0.6) is 0 Å². The molecule has 1 aromatic rings. The van der Waals surface area contributed by atoms with Gasteiger partial charge in [-0.2, -0.15) is 5.10 Å². The van der Waals surface area contributed by atoms with Gasteiger partial charge in [0.1, 0.15) is 5.54 Å². The van der Waals surface area contributed by atoms with Crippen LogP contribution in [0.4, 0.5) is 0 Å². The number of methoxy groups -OCH3 is 1. The molecule has 0 spiro atoms. The minimum Gasteiger partial charge on any atom is -0.468 e. The zero-order valence-electron chi connectivity index (χ0n) is 11.1. The first-order valence-corrected chi connectivity index (χ1v) is 6.47. The standard InChI is InChI=1S/C13H21N3O2/c1-13(12(17)18-2,15-11-5-6-11)7-3-9-16-10-4-8-14-16/h4,8,10-11,15H,3,5-7,9H2,1-2H3. The normalized spacial score (nSPS) is 18.3. The average Bonchev–Trinajstić information content (AvgIpc) is 3.01. The second-order valence-electron chi connectivity index (χ2n) is 5.11. The molecule has 0 amide bonds. The lowest BCUT2D eigenvalue weighted by Crippen LogP contribution is -2.51. The Morgan fingerprint density at radius 1 is 1.61 bits per heavy atom. The first-order chi connectivity index (χ1) is 8.64. The second kappa shape index (κ2) is 5.52. The van der Waals surface area contributed by atoms with Crippen LogP contribution in [0, 0.1) is 0 Å². The third-order valence-electron chi connectivity index (χ3n) is 3.36. The fourth-order valence-corrected chi connectivity index (χ4v) is 2.16. The zero-order chi connectivity index (χ0) is 13.0. The van der Waals surface area contributed by atoms with Gasteiger partial charge in [0.05, 0.1) is 7.11 Å². The molecule has 2 rings (SSSR count). The summed E-state index contributed by atoms with van der Waals surface area (Å²) in [5.41, 5.74) is -0.566. The molecule has 1 aromatic heterocycles. The van der Waals surface area contributed by atoms with Gasteiger partial charge in [0.15, 0.2) is 0 Å². The van der Waals surface area contributed by atoms with Gasteiger partial charge in [0.2, 0.25) is 0 Å². The van der Waals surface area contributed by atoms with E-state index in [0.717, 1.165) is 32.2 Å². The van der Waals surface area contributed by atoms with E-state index in [4.69, 9.17) is 4.74 Å². The second-order valence-corrected chi connectivity index (χ2v) is 5.11. The number of hydrogen-bond acceptors (Lipinski definition) is 4. The fraction of sp³-hybridized carbons (Fsp3) is 0.692. The number of aromatic nitrogens is 2. The van der Waals surface area contributed by atoms with Gasteiger partial charge in [0, 0.05) is 25.0 Å². The number of nitrogens with one attached hydrogen (secondary N) is 1. The van der Waals surface area contributed by atoms with Crippen molar-refractivity contribution in [3.8, 4) is 0 Å². The van der Waals surface area contributed by atoms with Gasteiger partial charge < -0.3 is 4.74 Å². The summed E-state index contributed by atoms with van der Waals surface area (Å²) in [6, 6.07) is 2.39. The topological polar surface area (TPSA) is 56.2 Å². The fourth-order valence-electron chi connectivity index (χ4n) is 2.16. The van der Waals surface area contributed by atoms with Crippen LogP contribution in [-0.4, -0.2) is 34.4 Å². The Kier molecular flexibility index (Phi) is 4.01. The average molecular weight is 251 g/mol. The van der Waals surface area contributed by atoms with E-state index < -0.39 is 5.54 Å². The van der Waals surface area contributed by atoms with Gasteiger partial charge >= 0.3 is 5.97 Å². The van der Waals surface area contributed by atoms with Crippen molar-refractivity contribution in [2.45, 2.75) is 50.7 Å². The number of hydrogen-bond donors (Lipinski definition) is 1. The molecule has 1 saturated carbocycles. The van der Waals surface area contributed by atoms with Crippen LogP contribution in [-0.2, 0) is 16.1 Å². The lowest BCUT2D eigenvalue weighted by molar-refractivity contribution is -0.148. The van der Waals surface area contributed by atoms with E-state index in [0.29, 0.717) is 6.04 Å². The summed E-state index contributed by atoms with van der Waals surface area (Å²) in [4.78, 5) is 11.9. The molecule has 5 nitrogen and oxygen atoms in total. The van der Waals surface area contributed by atoms with E-state index >= 15 is 0 Å². The van der Waals surface area contributed by atoms with Crippen molar-refractivity contribution in [1.29, 1.82) is 0 Å². The van der Waals surface area contributed by atoms with Gasteiger partial charge in [0.25, 0.3) is 0 Å². The van der Waals surface area contributed by atoms with Crippen molar-refractivity contribution < 1.29 is 9.53 Å². The van der Waals surface area contributed by atoms with Crippen LogP contribution in [0.3, 0.4) is 0 Å². The monoisotopic (exact) mass is 251 g/mol. The predicted octanol–water partition coefficient (Wildman–Crippen LogP) is 1.35. The van der Waals surface area contributed by atoms with E-state index in [2.05, 4.69) is 10.4 Å². The molecule has 0 bridgehead atoms. The number of aryl methyl sites for hydroxylation is 1. The molecule has 0 saturated heterocycles. The highest BCUT2D eigenvalue weighted by Gasteiger charge is 2.38. The maximum absolute atomic E-state index is 11.9. The summed E-state index contributed by atoms with van der Waals surface area (Å²) in [6.07, 6.45) is 7.67. The third-order valence-corrected chi connectivity index (χ3v) is 3.36. The van der Waals surface area contributed by atoms with Crippen LogP contribution in [0.1, 0.15) is 32.6 Å². The van der Waals surface area contributed by atoms with Gasteiger partial charge in [-0.3, -0.25) is 14.8 Å². The van der Waals surface area contributed by atoms with Crippen molar-refractivity contribution in [3.05, 3.63) is 18.5 Å². The summed E-state index contributed by atoms with van der Waals surface area (Å²) in [5, 5.41) is 7.55. The molecule has 1 aliphatic rings. The molecular weight excluding hydrogens is 230 g/mol. The van der Waals surface area contributed by atoms with E-state index in [9.17, 15) is 4.79 Å². The summed E-state index contributed by atoms with van der Waals surface area (Å²) < 4.78 is 6.79. The molecule has 5 heteroatoms. The molecule has 1 heterocycles. The van der Waals surface area contributed by atoms with Gasteiger partial charge in [-0.1, -0.05) is 0 Å². The Morgan fingerprint density at radius 2 is 2.39 bits per heavy atom. The Bertz CT molecular complexity index is 387. The van der Waals surface area contributed by atoms with Crippen molar-refractivity contribution in [3.63, 3.8) is 0 Å². The van der Waals surface area contributed by atoms with E-state index in [1.54, 1.807) is 6.20 Å². The van der Waals surface area contributed by atoms with E-state index in [1.807, 2.05) is 23.9 Å². The molecule has 1 N–H and O–H groups in total. The lowest BCUT2D eigenvalue weighted by Gasteiger charge is -2.28. The van der Waals surface area contributed by atoms with Crippen molar-refractivity contribution in [2.24, 2.45) is 0 Å². The minimum absolute atomic E-state index is 0.171. The van der Waals surface area contributed by atoms with Crippen LogP contribution in [0.2, 0.25) is 0 Å². The van der Waals surface area contributed by atoms with Gasteiger partial charge in [-0.05, 0) is 38.7 Å². The quantitative estimate of drug-likeness (QED) is 0.743. The maximum Gasteiger partial charge on any atom is 0.325 e. The Morgan fingerprint density at radius 3 is 2.94 bits per heavy atom. The number of carbonyl (C=O) groups excluding carboxylic acids is 1. The molecule has 0 aliphatic heterocycles. The number of ether oxygens (including phenoxy) is 1. The summed E-state index contributed by atoms with van der Waals surface area (Å²) >= 11 is 0. The molecular formula is C13H21N3O2. The van der Waals surface area contributed by atoms with Crippen molar-refractivity contribution in [1.82, 2.24) is 15.1 Å². The summed E-state index contributed by atoms with van der Waals surface area (Å²) in [5.74, 6) is -0.171. The highest BCUT2D eigenvalue weighted by atomic mass is 16.5. The Balaban J connectivity index is 1.85. The Hall–Kier alpha value is -1.36. The van der Waals surface area contributed by atoms with Crippen molar-refractivity contribution in [2.75, 3.05) is 7.11 Å². The molecule has 1 unspecified atom stereocenters. The maximum atomic E-state index is 11.9. The van der Waals surface area contributed by atoms with Gasteiger partial charge in [-0.15, -0.1) is 0 Å². The van der Waals surface area contributed by atoms with Crippen LogP contribution in [0.25, 0.3) is 0 Å².